The molecule has 0 aromatic heterocycles. The zero-order chi connectivity index (χ0) is 17.8. The minimum atomic E-state index is -1.05. The SMILES string of the molecule is CC(=O)[C@H]1CC[C@H]2[C@@H]3CC[C@H]4C[C@@]5(O)CC[C@]4(C)[C@]3(O5)[C@H](O)C[C@]12C. The van der Waals surface area contributed by atoms with E-state index in [2.05, 4.69) is 13.8 Å². The molecule has 2 aliphatic heterocycles. The predicted octanol–water partition coefficient (Wildman–Crippen LogP) is 3.05. The molecule has 25 heavy (non-hydrogen) atoms. The van der Waals surface area contributed by atoms with Crippen molar-refractivity contribution in [3.8, 4) is 0 Å². The van der Waals surface area contributed by atoms with Gasteiger partial charge in [0.1, 0.15) is 11.4 Å². The first-order valence-electron chi connectivity index (χ1n) is 10.3. The fourth-order valence-electron chi connectivity index (χ4n) is 8.57. The molecular formula is C21H32O4. The molecule has 6 fully saturated rings. The van der Waals surface area contributed by atoms with Crippen molar-refractivity contribution in [1.82, 2.24) is 0 Å². The quantitative estimate of drug-likeness (QED) is 0.764. The third-order valence-electron chi connectivity index (χ3n) is 9.64. The van der Waals surface area contributed by atoms with Crippen LogP contribution in [0, 0.1) is 34.5 Å². The highest BCUT2D eigenvalue weighted by atomic mass is 16.7. The van der Waals surface area contributed by atoms with Crippen molar-refractivity contribution >= 4 is 5.78 Å². The minimum Gasteiger partial charge on any atom is -0.390 e. The Morgan fingerprint density at radius 3 is 2.48 bits per heavy atom. The van der Waals surface area contributed by atoms with Gasteiger partial charge < -0.3 is 14.9 Å². The van der Waals surface area contributed by atoms with Gasteiger partial charge in [0.2, 0.25) is 0 Å². The van der Waals surface area contributed by atoms with Crippen molar-refractivity contribution in [2.75, 3.05) is 0 Å². The molecule has 4 bridgehead atoms. The molecule has 2 saturated heterocycles. The van der Waals surface area contributed by atoms with Gasteiger partial charge >= 0.3 is 0 Å². The number of Topliss-reactive ketones (excluding diaryl/α,β-unsaturated/α-hetero) is 1. The molecule has 0 radical (unpaired) electrons. The number of aliphatic hydroxyl groups excluding tert-OH is 1. The average Bonchev–Trinajstić information content (AvgIpc) is 2.85. The topological polar surface area (TPSA) is 66.8 Å². The van der Waals surface area contributed by atoms with Crippen molar-refractivity contribution in [3.63, 3.8) is 0 Å². The maximum absolute atomic E-state index is 12.3. The first-order chi connectivity index (χ1) is 11.7. The molecule has 2 N–H and O–H groups in total. The Balaban J connectivity index is 1.63. The van der Waals surface area contributed by atoms with Crippen molar-refractivity contribution in [2.24, 2.45) is 34.5 Å². The lowest BCUT2D eigenvalue weighted by Gasteiger charge is -2.74. The highest BCUT2D eigenvalue weighted by molar-refractivity contribution is 5.79. The molecule has 4 heteroatoms. The number of aliphatic hydroxyl groups is 2. The van der Waals surface area contributed by atoms with Crippen molar-refractivity contribution < 1.29 is 19.7 Å². The summed E-state index contributed by atoms with van der Waals surface area (Å²) in [5.74, 6) is 0.426. The highest BCUT2D eigenvalue weighted by Crippen LogP contribution is 2.74. The van der Waals surface area contributed by atoms with E-state index in [1.807, 2.05) is 0 Å². The van der Waals surface area contributed by atoms with Gasteiger partial charge in [0.15, 0.2) is 5.79 Å². The van der Waals surface area contributed by atoms with E-state index in [0.29, 0.717) is 24.7 Å². The van der Waals surface area contributed by atoms with Crippen LogP contribution in [0.3, 0.4) is 0 Å². The van der Waals surface area contributed by atoms with Gasteiger partial charge in [-0.15, -0.1) is 0 Å². The van der Waals surface area contributed by atoms with Crippen LogP contribution in [0.4, 0.5) is 0 Å². The molecule has 4 nitrogen and oxygen atoms in total. The van der Waals surface area contributed by atoms with Gasteiger partial charge in [-0.25, -0.2) is 0 Å². The second-order valence-corrected chi connectivity index (χ2v) is 10.4. The maximum atomic E-state index is 12.3. The predicted molar refractivity (Wildman–Crippen MR) is 92.6 cm³/mol. The first kappa shape index (κ1) is 16.7. The summed E-state index contributed by atoms with van der Waals surface area (Å²) in [6.07, 6.45) is 6.61. The van der Waals surface area contributed by atoms with Crippen LogP contribution >= 0.6 is 0 Å². The first-order valence-corrected chi connectivity index (χ1v) is 10.3. The van der Waals surface area contributed by atoms with Crippen molar-refractivity contribution in [1.29, 1.82) is 0 Å². The van der Waals surface area contributed by atoms with E-state index in [1.54, 1.807) is 6.92 Å². The third kappa shape index (κ3) is 1.73. The molecular weight excluding hydrogens is 316 g/mol. The third-order valence-corrected chi connectivity index (χ3v) is 9.64. The van der Waals surface area contributed by atoms with E-state index in [9.17, 15) is 15.0 Å². The normalized spacial score (nSPS) is 62.4. The lowest BCUT2D eigenvalue weighted by atomic mass is 9.39. The Morgan fingerprint density at radius 2 is 1.76 bits per heavy atom. The van der Waals surface area contributed by atoms with Crippen LogP contribution in [0.2, 0.25) is 0 Å². The van der Waals surface area contributed by atoms with Gasteiger partial charge in [-0.2, -0.15) is 0 Å². The number of ether oxygens (including phenoxy) is 1. The zero-order valence-electron chi connectivity index (χ0n) is 15.8. The standard InChI is InChI=1S/C21H32O4/c1-12(22)14-6-7-15-16-5-4-13-10-20(24)9-8-19(13,3)21(16,25-20)17(23)11-18(14,15)2/h13-17,23-24H,4-11H2,1-3H3/t13-,14+,15-,16-,17+,18+,19-,20+,21+/m0/s1. The second-order valence-electron chi connectivity index (χ2n) is 10.4. The zero-order valence-corrected chi connectivity index (χ0v) is 15.8. The van der Waals surface area contributed by atoms with Crippen LogP contribution in [0.1, 0.15) is 72.1 Å². The summed E-state index contributed by atoms with van der Waals surface area (Å²) >= 11 is 0. The van der Waals surface area contributed by atoms with Crippen molar-refractivity contribution in [3.05, 3.63) is 0 Å². The summed E-state index contributed by atoms with van der Waals surface area (Å²) in [6.45, 7) is 6.26. The molecule has 0 aromatic carbocycles. The van der Waals surface area contributed by atoms with Gasteiger partial charge in [0.25, 0.3) is 0 Å². The molecule has 2 heterocycles. The molecule has 140 valence electrons. The van der Waals surface area contributed by atoms with Crippen LogP contribution in [0.5, 0.6) is 0 Å². The van der Waals surface area contributed by atoms with Crippen LogP contribution < -0.4 is 0 Å². The average molecular weight is 348 g/mol. The number of ketones is 1. The van der Waals surface area contributed by atoms with Crippen LogP contribution in [0.15, 0.2) is 0 Å². The number of fused-ring (bicyclic) bond motifs is 3. The summed E-state index contributed by atoms with van der Waals surface area (Å²) in [5, 5.41) is 22.5. The number of carbonyl (C=O) groups is 1. The summed E-state index contributed by atoms with van der Waals surface area (Å²) in [5.41, 5.74) is -0.778. The molecule has 4 saturated carbocycles. The van der Waals surface area contributed by atoms with Gasteiger partial charge in [-0.1, -0.05) is 13.8 Å². The summed E-state index contributed by atoms with van der Waals surface area (Å²) in [4.78, 5) is 12.3. The molecule has 0 aromatic rings. The maximum Gasteiger partial charge on any atom is 0.166 e. The van der Waals surface area contributed by atoms with E-state index < -0.39 is 17.5 Å². The number of carbonyl (C=O) groups excluding carboxylic acids is 1. The molecule has 6 aliphatic rings. The van der Waals surface area contributed by atoms with Crippen LogP contribution in [0.25, 0.3) is 0 Å². The molecule has 0 unspecified atom stereocenters. The van der Waals surface area contributed by atoms with E-state index in [0.717, 1.165) is 38.5 Å². The Hall–Kier alpha value is -0.450. The fourth-order valence-corrected chi connectivity index (χ4v) is 8.57. The molecule has 6 rings (SSSR count). The Bertz CT molecular complexity index is 633. The van der Waals surface area contributed by atoms with E-state index in [1.165, 1.54) is 0 Å². The van der Waals surface area contributed by atoms with E-state index in [-0.39, 0.29) is 28.4 Å². The van der Waals surface area contributed by atoms with E-state index in [4.69, 9.17) is 4.74 Å². The lowest BCUT2D eigenvalue weighted by Crippen LogP contribution is -2.78. The van der Waals surface area contributed by atoms with Crippen LogP contribution in [-0.4, -0.2) is 33.5 Å². The van der Waals surface area contributed by atoms with Gasteiger partial charge in [0.05, 0.1) is 6.10 Å². The second kappa shape index (κ2) is 4.69. The molecule has 1 spiro atoms. The van der Waals surface area contributed by atoms with Crippen molar-refractivity contribution in [2.45, 2.75) is 89.6 Å². The molecule has 0 amide bonds. The van der Waals surface area contributed by atoms with Gasteiger partial charge in [0, 0.05) is 24.2 Å². The largest absolute Gasteiger partial charge is 0.390 e. The van der Waals surface area contributed by atoms with E-state index >= 15 is 0 Å². The highest BCUT2D eigenvalue weighted by Gasteiger charge is 2.76. The summed E-state index contributed by atoms with van der Waals surface area (Å²) in [7, 11) is 0. The van der Waals surface area contributed by atoms with Gasteiger partial charge in [-0.3, -0.25) is 4.79 Å². The smallest absolute Gasteiger partial charge is 0.166 e. The number of hydrogen-bond donors (Lipinski definition) is 2. The Morgan fingerprint density at radius 1 is 1.04 bits per heavy atom. The monoisotopic (exact) mass is 348 g/mol. The molecule has 9 atom stereocenters. The van der Waals surface area contributed by atoms with Gasteiger partial charge in [-0.05, 0) is 68.6 Å². The fraction of sp³-hybridized carbons (Fsp3) is 0.952. The van der Waals surface area contributed by atoms with Crippen LogP contribution in [-0.2, 0) is 9.53 Å². The Labute approximate surface area is 150 Å². The lowest BCUT2D eigenvalue weighted by molar-refractivity contribution is -0.436. The summed E-state index contributed by atoms with van der Waals surface area (Å²) in [6, 6.07) is 0. The summed E-state index contributed by atoms with van der Waals surface area (Å²) < 4.78 is 6.52. The minimum absolute atomic E-state index is 0.0462. The number of rotatable bonds is 1. The molecule has 4 aliphatic carbocycles. The Kier molecular flexibility index (Phi) is 3.13. The number of hydrogen-bond acceptors (Lipinski definition) is 4.